The molecule has 3 rings (SSSR count). The number of carbonyl (C=O) groups excluding carboxylic acids is 1. The molecule has 18 heavy (non-hydrogen) atoms. The maximum absolute atomic E-state index is 11.0. The third-order valence-electron chi connectivity index (χ3n) is 3.42. The number of aryl methyl sites for hydroxylation is 1. The molecule has 0 radical (unpaired) electrons. The van der Waals surface area contributed by atoms with E-state index >= 15 is 0 Å². The predicted octanol–water partition coefficient (Wildman–Crippen LogP) is 2.00. The molecule has 2 aromatic rings. The molecule has 0 N–H and O–H groups in total. The zero-order chi connectivity index (χ0) is 12.9. The molecule has 0 aromatic carbocycles. The van der Waals surface area contributed by atoms with Crippen LogP contribution in [0.2, 0.25) is 0 Å². The second-order valence-electron chi connectivity index (χ2n) is 4.60. The lowest BCUT2D eigenvalue weighted by Crippen LogP contribution is -2.22. The molecule has 1 aliphatic rings. The third-order valence-corrected chi connectivity index (χ3v) is 3.42. The first kappa shape index (κ1) is 10.9. The van der Waals surface area contributed by atoms with Crippen molar-refractivity contribution >= 4 is 17.1 Å². The lowest BCUT2D eigenvalue weighted by atomic mass is 9.81. The minimum Gasteiger partial charge on any atom is -0.300 e. The van der Waals surface area contributed by atoms with Gasteiger partial charge in [-0.25, -0.2) is 4.98 Å². The van der Waals surface area contributed by atoms with Crippen LogP contribution in [0.5, 0.6) is 0 Å². The van der Waals surface area contributed by atoms with E-state index in [0.29, 0.717) is 18.5 Å². The Hall–Kier alpha value is -2.24. The van der Waals surface area contributed by atoms with Crippen LogP contribution in [0.1, 0.15) is 30.1 Å². The number of rotatable bonds is 2. The summed E-state index contributed by atoms with van der Waals surface area (Å²) < 4.78 is 1.72. The summed E-state index contributed by atoms with van der Waals surface area (Å²) in [7, 11) is 0. The zero-order valence-electron chi connectivity index (χ0n) is 9.79. The summed E-state index contributed by atoms with van der Waals surface area (Å²) >= 11 is 0. The van der Waals surface area contributed by atoms with Crippen molar-refractivity contribution in [1.29, 1.82) is 0 Å². The van der Waals surface area contributed by atoms with Gasteiger partial charge in [0.1, 0.15) is 11.4 Å². The Kier molecular flexibility index (Phi) is 2.19. The van der Waals surface area contributed by atoms with Crippen LogP contribution in [0, 0.1) is 17.0 Å². The van der Waals surface area contributed by atoms with Gasteiger partial charge in [0.2, 0.25) is 0 Å². The van der Waals surface area contributed by atoms with Gasteiger partial charge >= 0.3 is 0 Å². The van der Waals surface area contributed by atoms with Gasteiger partial charge in [0, 0.05) is 30.5 Å². The van der Waals surface area contributed by atoms with Crippen LogP contribution in [0.3, 0.4) is 0 Å². The molecule has 2 aromatic heterocycles. The van der Waals surface area contributed by atoms with E-state index in [1.807, 2.05) is 6.92 Å². The molecule has 0 unspecified atom stereocenters. The SMILES string of the molecule is Cc1c(C2CC(=O)C2)nc2ccc([N+](=O)[O-])cn12. The molecule has 0 bridgehead atoms. The lowest BCUT2D eigenvalue weighted by molar-refractivity contribution is -0.385. The molecule has 2 heterocycles. The molecule has 0 saturated heterocycles. The minimum atomic E-state index is -0.425. The summed E-state index contributed by atoms with van der Waals surface area (Å²) in [4.78, 5) is 25.8. The summed E-state index contributed by atoms with van der Waals surface area (Å²) in [5.41, 5.74) is 2.49. The molecule has 6 heteroatoms. The zero-order valence-corrected chi connectivity index (χ0v) is 9.79. The molecule has 92 valence electrons. The second-order valence-corrected chi connectivity index (χ2v) is 4.60. The quantitative estimate of drug-likeness (QED) is 0.598. The number of fused-ring (bicyclic) bond motifs is 1. The van der Waals surface area contributed by atoms with E-state index in [1.165, 1.54) is 12.3 Å². The van der Waals surface area contributed by atoms with Gasteiger partial charge in [0.15, 0.2) is 0 Å². The molecule has 1 fully saturated rings. The Bertz CT molecular complexity index is 667. The molecular formula is C12H11N3O3. The highest BCUT2D eigenvalue weighted by atomic mass is 16.6. The van der Waals surface area contributed by atoms with Crippen LogP contribution in [0.25, 0.3) is 5.65 Å². The summed E-state index contributed by atoms with van der Waals surface area (Å²) in [5.74, 6) is 0.430. The fraction of sp³-hybridized carbons (Fsp3) is 0.333. The number of aromatic nitrogens is 2. The van der Waals surface area contributed by atoms with Crippen LogP contribution >= 0.6 is 0 Å². The molecule has 0 amide bonds. The van der Waals surface area contributed by atoms with Gasteiger partial charge in [0.25, 0.3) is 5.69 Å². The van der Waals surface area contributed by atoms with Gasteiger partial charge in [-0.05, 0) is 13.0 Å². The monoisotopic (exact) mass is 245 g/mol. The van der Waals surface area contributed by atoms with Crippen molar-refractivity contribution in [3.8, 4) is 0 Å². The number of nitrogens with zero attached hydrogens (tertiary/aromatic N) is 3. The molecule has 1 aliphatic carbocycles. The number of carbonyl (C=O) groups is 1. The fourth-order valence-corrected chi connectivity index (χ4v) is 2.35. The molecule has 6 nitrogen and oxygen atoms in total. The Morgan fingerprint density at radius 1 is 1.44 bits per heavy atom. The van der Waals surface area contributed by atoms with Crippen LogP contribution in [-0.2, 0) is 4.79 Å². The van der Waals surface area contributed by atoms with Crippen molar-refractivity contribution < 1.29 is 9.72 Å². The molecule has 1 saturated carbocycles. The van der Waals surface area contributed by atoms with Gasteiger partial charge in [0.05, 0.1) is 16.8 Å². The van der Waals surface area contributed by atoms with Crippen molar-refractivity contribution in [3.05, 3.63) is 39.8 Å². The second kappa shape index (κ2) is 3.63. The average Bonchev–Trinajstić information content (AvgIpc) is 2.62. The van der Waals surface area contributed by atoms with E-state index in [-0.39, 0.29) is 17.4 Å². The standard InChI is InChI=1S/C12H11N3O3/c1-7-12(8-4-10(16)5-8)13-11-3-2-9(15(17)18)6-14(7)11/h2-3,6,8H,4-5H2,1H3. The number of imidazole rings is 1. The fourth-order valence-electron chi connectivity index (χ4n) is 2.35. The Morgan fingerprint density at radius 3 is 2.78 bits per heavy atom. The molecule has 0 atom stereocenters. The number of ketones is 1. The average molecular weight is 245 g/mol. The minimum absolute atomic E-state index is 0.0410. The van der Waals surface area contributed by atoms with E-state index in [4.69, 9.17) is 0 Å². The first-order valence-corrected chi connectivity index (χ1v) is 5.71. The first-order valence-electron chi connectivity index (χ1n) is 5.71. The molecule has 0 spiro atoms. The van der Waals surface area contributed by atoms with E-state index in [2.05, 4.69) is 4.98 Å². The third kappa shape index (κ3) is 1.49. The van der Waals surface area contributed by atoms with Gasteiger partial charge in [-0.3, -0.25) is 19.3 Å². The topological polar surface area (TPSA) is 77.5 Å². The van der Waals surface area contributed by atoms with Crippen LogP contribution in [-0.4, -0.2) is 20.1 Å². The van der Waals surface area contributed by atoms with Crippen molar-refractivity contribution in [2.24, 2.45) is 0 Å². The number of hydrogen-bond donors (Lipinski definition) is 0. The lowest BCUT2D eigenvalue weighted by Gasteiger charge is -2.22. The van der Waals surface area contributed by atoms with Gasteiger partial charge in [-0.1, -0.05) is 0 Å². The van der Waals surface area contributed by atoms with Crippen molar-refractivity contribution in [3.63, 3.8) is 0 Å². The van der Waals surface area contributed by atoms with E-state index in [1.54, 1.807) is 10.5 Å². The number of nitro groups is 1. The number of hydrogen-bond acceptors (Lipinski definition) is 4. The van der Waals surface area contributed by atoms with Crippen molar-refractivity contribution in [2.75, 3.05) is 0 Å². The van der Waals surface area contributed by atoms with E-state index < -0.39 is 4.92 Å². The maximum Gasteiger partial charge on any atom is 0.286 e. The highest BCUT2D eigenvalue weighted by Gasteiger charge is 2.31. The van der Waals surface area contributed by atoms with Crippen LogP contribution in [0.15, 0.2) is 18.3 Å². The summed E-state index contributed by atoms with van der Waals surface area (Å²) in [6, 6.07) is 3.08. The van der Waals surface area contributed by atoms with Gasteiger partial charge in [-0.2, -0.15) is 0 Å². The van der Waals surface area contributed by atoms with Crippen LogP contribution < -0.4 is 0 Å². The van der Waals surface area contributed by atoms with Gasteiger partial charge < -0.3 is 0 Å². The van der Waals surface area contributed by atoms with Gasteiger partial charge in [-0.15, -0.1) is 0 Å². The number of pyridine rings is 1. The van der Waals surface area contributed by atoms with Crippen molar-refractivity contribution in [2.45, 2.75) is 25.7 Å². The largest absolute Gasteiger partial charge is 0.300 e. The first-order chi connectivity index (χ1) is 8.56. The molecule has 0 aliphatic heterocycles. The van der Waals surface area contributed by atoms with E-state index in [0.717, 1.165) is 11.4 Å². The summed E-state index contributed by atoms with van der Waals surface area (Å²) in [5, 5.41) is 10.7. The maximum atomic E-state index is 11.0. The molecular weight excluding hydrogens is 234 g/mol. The summed E-state index contributed by atoms with van der Waals surface area (Å²) in [6.45, 7) is 1.88. The van der Waals surface area contributed by atoms with Crippen LogP contribution in [0.4, 0.5) is 5.69 Å². The summed E-state index contributed by atoms with van der Waals surface area (Å²) in [6.07, 6.45) is 2.54. The Balaban J connectivity index is 2.10. The Labute approximate surface area is 102 Å². The highest BCUT2D eigenvalue weighted by Crippen LogP contribution is 2.35. The Morgan fingerprint density at radius 2 is 2.17 bits per heavy atom. The van der Waals surface area contributed by atoms with Crippen molar-refractivity contribution in [1.82, 2.24) is 9.38 Å². The smallest absolute Gasteiger partial charge is 0.286 e. The normalized spacial score (nSPS) is 15.9. The highest BCUT2D eigenvalue weighted by molar-refractivity contribution is 5.86. The van der Waals surface area contributed by atoms with E-state index in [9.17, 15) is 14.9 Å². The number of Topliss-reactive ketones (excluding diaryl/α,β-unsaturated/α-hetero) is 1. The predicted molar refractivity (Wildman–Crippen MR) is 63.6 cm³/mol.